The molecule has 5 nitrogen and oxygen atoms in total. The van der Waals surface area contributed by atoms with Crippen molar-refractivity contribution in [3.8, 4) is 0 Å². The van der Waals surface area contributed by atoms with E-state index in [-0.39, 0.29) is 16.9 Å². The molecular weight excluding hydrogens is 240 g/mol. The summed E-state index contributed by atoms with van der Waals surface area (Å²) in [5.74, 6) is -0.773. The lowest BCUT2D eigenvalue weighted by molar-refractivity contribution is -0.141. The van der Waals surface area contributed by atoms with Gasteiger partial charge in [-0.25, -0.2) is 0 Å². The van der Waals surface area contributed by atoms with Gasteiger partial charge in [0, 0.05) is 20.0 Å². The molecule has 6 heteroatoms. The largest absolute Gasteiger partial charge is 0.469 e. The smallest absolute Gasteiger partial charge is 0.305 e. The second-order valence-electron chi connectivity index (χ2n) is 3.80. The van der Waals surface area contributed by atoms with Gasteiger partial charge in [-0.2, -0.15) is 0 Å². The van der Waals surface area contributed by atoms with Crippen LogP contribution < -0.4 is 5.73 Å². The zero-order chi connectivity index (χ0) is 13.4. The number of ether oxygens (including phenoxy) is 1. The van der Waals surface area contributed by atoms with Crippen LogP contribution in [0.15, 0.2) is 0 Å². The Balaban J connectivity index is 4.13. The van der Waals surface area contributed by atoms with E-state index in [1.807, 2.05) is 6.92 Å². The number of methoxy groups -OCH3 is 1. The Hall–Kier alpha value is -1.17. The Bertz CT molecular complexity index is 294. The predicted molar refractivity (Wildman–Crippen MR) is 69.5 cm³/mol. The molecule has 0 fully saturated rings. The number of hydrogen-bond acceptors (Lipinski definition) is 4. The number of thiocarbonyl (C=S) groups is 1. The first-order chi connectivity index (χ1) is 7.93. The van der Waals surface area contributed by atoms with Gasteiger partial charge >= 0.3 is 5.97 Å². The van der Waals surface area contributed by atoms with Crippen LogP contribution in [0, 0.1) is 5.92 Å². The molecule has 1 unspecified atom stereocenters. The first-order valence-electron chi connectivity index (χ1n) is 5.55. The highest BCUT2D eigenvalue weighted by molar-refractivity contribution is 7.80. The van der Waals surface area contributed by atoms with E-state index in [0.29, 0.717) is 25.8 Å². The average molecular weight is 260 g/mol. The molecule has 0 aromatic heterocycles. The molecule has 0 heterocycles. The highest BCUT2D eigenvalue weighted by atomic mass is 32.1. The summed E-state index contributed by atoms with van der Waals surface area (Å²) < 4.78 is 4.52. The first-order valence-corrected chi connectivity index (χ1v) is 5.95. The monoisotopic (exact) mass is 260 g/mol. The maximum atomic E-state index is 11.9. The number of rotatable bonds is 7. The molecule has 0 spiro atoms. The highest BCUT2D eigenvalue weighted by Gasteiger charge is 2.22. The summed E-state index contributed by atoms with van der Waals surface area (Å²) in [5, 5.41) is 0. The van der Waals surface area contributed by atoms with E-state index in [1.54, 1.807) is 11.9 Å². The van der Waals surface area contributed by atoms with Crippen molar-refractivity contribution in [2.75, 3.05) is 20.7 Å². The molecule has 0 aliphatic carbocycles. The van der Waals surface area contributed by atoms with Crippen LogP contribution in [0.5, 0.6) is 0 Å². The van der Waals surface area contributed by atoms with E-state index in [1.165, 1.54) is 7.11 Å². The van der Waals surface area contributed by atoms with Crippen molar-refractivity contribution >= 4 is 29.1 Å². The van der Waals surface area contributed by atoms with Crippen LogP contribution in [0.1, 0.15) is 26.2 Å². The number of amides is 1. The first kappa shape index (κ1) is 15.8. The van der Waals surface area contributed by atoms with Crippen LogP contribution in [-0.4, -0.2) is 42.5 Å². The maximum absolute atomic E-state index is 11.9. The molecule has 0 saturated heterocycles. The van der Waals surface area contributed by atoms with Crippen LogP contribution in [0.3, 0.4) is 0 Å². The van der Waals surface area contributed by atoms with Gasteiger partial charge in [0.1, 0.15) is 0 Å². The minimum atomic E-state index is -0.409. The Kier molecular flexibility index (Phi) is 7.45. The van der Waals surface area contributed by atoms with Gasteiger partial charge in [0.25, 0.3) is 0 Å². The number of carbonyl (C=O) groups is 2. The van der Waals surface area contributed by atoms with Crippen LogP contribution in [0.4, 0.5) is 0 Å². The maximum Gasteiger partial charge on any atom is 0.305 e. The molecule has 17 heavy (non-hydrogen) atoms. The number of nitrogens with zero attached hydrogens (tertiary/aromatic N) is 1. The Morgan fingerprint density at radius 1 is 1.47 bits per heavy atom. The molecule has 0 aliphatic heterocycles. The Labute approximate surface area is 107 Å². The van der Waals surface area contributed by atoms with E-state index in [9.17, 15) is 9.59 Å². The molecule has 1 atom stereocenters. The van der Waals surface area contributed by atoms with Gasteiger partial charge in [0.15, 0.2) is 0 Å². The van der Waals surface area contributed by atoms with E-state index >= 15 is 0 Å². The molecule has 0 aromatic carbocycles. The summed E-state index contributed by atoms with van der Waals surface area (Å²) >= 11 is 4.84. The van der Waals surface area contributed by atoms with Crippen molar-refractivity contribution in [2.24, 2.45) is 11.7 Å². The lowest BCUT2D eigenvalue weighted by atomic mass is 10.1. The molecule has 0 saturated carbocycles. The summed E-state index contributed by atoms with van der Waals surface area (Å²) in [6.07, 6.45) is 1.47. The fraction of sp³-hybridized carbons (Fsp3) is 0.727. The summed E-state index contributed by atoms with van der Waals surface area (Å²) in [7, 11) is 3.03. The summed E-state index contributed by atoms with van der Waals surface area (Å²) in [6.45, 7) is 2.36. The Morgan fingerprint density at radius 2 is 2.06 bits per heavy atom. The van der Waals surface area contributed by atoms with Gasteiger partial charge in [-0.05, 0) is 12.8 Å². The lowest BCUT2D eigenvalue weighted by Gasteiger charge is -2.22. The second-order valence-corrected chi connectivity index (χ2v) is 4.27. The summed E-state index contributed by atoms with van der Waals surface area (Å²) in [6, 6.07) is 0. The van der Waals surface area contributed by atoms with Crippen LogP contribution >= 0.6 is 12.2 Å². The SMILES string of the molecule is CCC(C(=O)N(C)CCCC(=O)OC)C(N)=S. The molecule has 1 amide bonds. The van der Waals surface area contributed by atoms with Crippen molar-refractivity contribution in [3.63, 3.8) is 0 Å². The van der Waals surface area contributed by atoms with Crippen LogP contribution in [0.25, 0.3) is 0 Å². The summed E-state index contributed by atoms with van der Waals surface area (Å²) in [5.41, 5.74) is 5.49. The molecule has 0 bridgehead atoms. The normalized spacial score (nSPS) is 11.7. The van der Waals surface area contributed by atoms with Crippen molar-refractivity contribution in [2.45, 2.75) is 26.2 Å². The number of esters is 1. The Morgan fingerprint density at radius 3 is 2.47 bits per heavy atom. The zero-order valence-electron chi connectivity index (χ0n) is 10.6. The molecule has 98 valence electrons. The minimum Gasteiger partial charge on any atom is -0.469 e. The van der Waals surface area contributed by atoms with Gasteiger partial charge in [-0.15, -0.1) is 0 Å². The molecule has 0 aliphatic rings. The third-order valence-corrected chi connectivity index (χ3v) is 2.81. The fourth-order valence-electron chi connectivity index (χ4n) is 1.44. The van der Waals surface area contributed by atoms with E-state index in [0.717, 1.165) is 0 Å². The third-order valence-electron chi connectivity index (χ3n) is 2.53. The average Bonchev–Trinajstić information content (AvgIpc) is 2.28. The van der Waals surface area contributed by atoms with Crippen molar-refractivity contribution in [1.82, 2.24) is 4.90 Å². The van der Waals surface area contributed by atoms with Crippen LogP contribution in [0.2, 0.25) is 0 Å². The van der Waals surface area contributed by atoms with Crippen molar-refractivity contribution in [3.05, 3.63) is 0 Å². The number of carbonyl (C=O) groups excluding carboxylic acids is 2. The minimum absolute atomic E-state index is 0.0927. The molecule has 0 rings (SSSR count). The molecular formula is C11H20N2O3S. The fourth-order valence-corrected chi connectivity index (χ4v) is 1.70. The number of hydrogen-bond donors (Lipinski definition) is 1. The van der Waals surface area contributed by atoms with Gasteiger partial charge in [0.2, 0.25) is 5.91 Å². The van der Waals surface area contributed by atoms with Gasteiger partial charge in [-0.1, -0.05) is 19.1 Å². The van der Waals surface area contributed by atoms with Gasteiger partial charge < -0.3 is 15.4 Å². The third kappa shape index (κ3) is 5.63. The van der Waals surface area contributed by atoms with Crippen molar-refractivity contribution in [1.29, 1.82) is 0 Å². The lowest BCUT2D eigenvalue weighted by Crippen LogP contribution is -2.39. The number of nitrogens with two attached hydrogens (primary N) is 1. The summed E-state index contributed by atoms with van der Waals surface area (Å²) in [4.78, 5) is 24.6. The highest BCUT2D eigenvalue weighted by Crippen LogP contribution is 2.08. The molecule has 2 N–H and O–H groups in total. The topological polar surface area (TPSA) is 72.6 Å². The van der Waals surface area contributed by atoms with Gasteiger partial charge in [-0.3, -0.25) is 9.59 Å². The second kappa shape index (κ2) is 8.00. The van der Waals surface area contributed by atoms with Gasteiger partial charge in [0.05, 0.1) is 18.0 Å². The van der Waals surface area contributed by atoms with Crippen LogP contribution in [-0.2, 0) is 14.3 Å². The van der Waals surface area contributed by atoms with Crippen molar-refractivity contribution < 1.29 is 14.3 Å². The standard InChI is InChI=1S/C11H20N2O3S/c1-4-8(10(12)17)11(15)13(2)7-5-6-9(14)16-3/h8H,4-7H2,1-3H3,(H2,12,17). The quantitative estimate of drug-likeness (QED) is 0.539. The molecule has 0 radical (unpaired) electrons. The zero-order valence-corrected chi connectivity index (χ0v) is 11.4. The van der Waals surface area contributed by atoms with E-state index in [4.69, 9.17) is 18.0 Å². The van der Waals surface area contributed by atoms with E-state index in [2.05, 4.69) is 4.74 Å². The predicted octanol–water partition coefficient (Wildman–Crippen LogP) is 0.710. The molecule has 0 aromatic rings. The van der Waals surface area contributed by atoms with E-state index < -0.39 is 5.92 Å².